The van der Waals surface area contributed by atoms with Crippen molar-refractivity contribution in [2.45, 2.75) is 24.7 Å². The molecule has 9 nitrogen and oxygen atoms in total. The van der Waals surface area contributed by atoms with Crippen molar-refractivity contribution in [3.63, 3.8) is 0 Å². The molecule has 0 aliphatic heterocycles. The molecule has 0 radical (unpaired) electrons. The summed E-state index contributed by atoms with van der Waals surface area (Å²) in [7, 11) is -2.32. The molecule has 0 atom stereocenters. The molecule has 2 N–H and O–H groups in total. The van der Waals surface area contributed by atoms with Gasteiger partial charge in [-0.2, -0.15) is 0 Å². The van der Waals surface area contributed by atoms with Crippen molar-refractivity contribution in [1.82, 2.24) is 9.71 Å². The number of thiazole rings is 1. The number of carbonyl (C=O) groups excluding carboxylic acids is 1. The summed E-state index contributed by atoms with van der Waals surface area (Å²) in [5, 5.41) is 4.99. The number of hydrogen-bond acceptors (Lipinski definition) is 8. The van der Waals surface area contributed by atoms with Crippen LogP contribution in [0.2, 0.25) is 0 Å². The third kappa shape index (κ3) is 5.78. The van der Waals surface area contributed by atoms with Crippen LogP contribution in [0.15, 0.2) is 32.9 Å². The lowest BCUT2D eigenvalue weighted by molar-refractivity contribution is -0.113. The van der Waals surface area contributed by atoms with Gasteiger partial charge in [-0.05, 0) is 31.0 Å². The number of anilines is 1. The van der Waals surface area contributed by atoms with Gasteiger partial charge in [0.25, 0.3) is 0 Å². The first-order valence-electron chi connectivity index (χ1n) is 9.89. The van der Waals surface area contributed by atoms with E-state index in [0.29, 0.717) is 47.4 Å². The highest BCUT2D eigenvalue weighted by Gasteiger charge is 2.23. The molecular formula is C20H24ClN3O6S2. The first kappa shape index (κ1) is 24.5. The van der Waals surface area contributed by atoms with E-state index < -0.39 is 10.0 Å². The van der Waals surface area contributed by atoms with Crippen LogP contribution < -0.4 is 14.8 Å². The number of amides is 1. The van der Waals surface area contributed by atoms with Crippen molar-refractivity contribution in [2.24, 2.45) is 0 Å². The predicted molar refractivity (Wildman–Crippen MR) is 124 cm³/mol. The molecule has 174 valence electrons. The molecule has 0 unspecified atom stereocenters. The van der Waals surface area contributed by atoms with Crippen molar-refractivity contribution in [3.8, 4) is 17.2 Å². The number of halogens is 1. The van der Waals surface area contributed by atoms with Gasteiger partial charge in [0.1, 0.15) is 11.6 Å². The first-order valence-corrected chi connectivity index (χ1v) is 12.8. The number of aromatic nitrogens is 1. The smallest absolute Gasteiger partial charge is 0.241 e. The average Bonchev–Trinajstić information content (AvgIpc) is 3.42. The Bertz CT molecular complexity index is 1180. The number of furan rings is 1. The van der Waals surface area contributed by atoms with E-state index in [1.165, 1.54) is 24.5 Å². The Balaban J connectivity index is 1.87. The number of alkyl halides is 1. The van der Waals surface area contributed by atoms with Gasteiger partial charge >= 0.3 is 0 Å². The second-order valence-electron chi connectivity index (χ2n) is 6.70. The van der Waals surface area contributed by atoms with E-state index in [0.717, 1.165) is 6.42 Å². The van der Waals surface area contributed by atoms with E-state index in [9.17, 15) is 13.2 Å². The molecule has 1 amide bonds. The van der Waals surface area contributed by atoms with Crippen LogP contribution in [0.5, 0.6) is 5.75 Å². The molecule has 1 aromatic carbocycles. The molecule has 3 aromatic rings. The largest absolute Gasteiger partial charge is 0.493 e. The second-order valence-corrected chi connectivity index (χ2v) is 9.56. The fourth-order valence-corrected chi connectivity index (χ4v) is 4.94. The number of methoxy groups -OCH3 is 1. The van der Waals surface area contributed by atoms with Crippen LogP contribution in [0.4, 0.5) is 5.13 Å². The van der Waals surface area contributed by atoms with Crippen LogP contribution in [-0.2, 0) is 19.6 Å². The monoisotopic (exact) mass is 501 g/mol. The van der Waals surface area contributed by atoms with Gasteiger partial charge in [-0.3, -0.25) is 4.79 Å². The highest BCUT2D eigenvalue weighted by atomic mass is 35.5. The van der Waals surface area contributed by atoms with Crippen molar-refractivity contribution < 1.29 is 27.1 Å². The van der Waals surface area contributed by atoms with Crippen LogP contribution in [0.25, 0.3) is 22.4 Å². The highest BCUT2D eigenvalue weighted by molar-refractivity contribution is 7.89. The standard InChI is InChI=1S/C20H24ClN3O6S2/c1-3-8-29-9-4-7-22-32(26,27)17-6-5-15(28-2)19-13(17)10-16(30-19)14-12-31-20(23-14)24-18(25)11-21/h5-6,10,12,22H,3-4,7-9,11H2,1-2H3,(H,23,24,25). The zero-order valence-electron chi connectivity index (χ0n) is 17.6. The summed E-state index contributed by atoms with van der Waals surface area (Å²) in [6.07, 6.45) is 1.47. The molecule has 0 aliphatic carbocycles. The van der Waals surface area contributed by atoms with Crippen LogP contribution in [0, 0.1) is 0 Å². The van der Waals surface area contributed by atoms with Crippen LogP contribution in [-0.4, -0.2) is 52.1 Å². The number of benzene rings is 1. The van der Waals surface area contributed by atoms with E-state index in [1.54, 1.807) is 17.5 Å². The average molecular weight is 502 g/mol. The molecule has 3 rings (SSSR count). The fourth-order valence-electron chi connectivity index (χ4n) is 2.90. The van der Waals surface area contributed by atoms with Crippen molar-refractivity contribution >= 4 is 55.0 Å². The summed E-state index contributed by atoms with van der Waals surface area (Å²) in [5.74, 6) is 0.175. The van der Waals surface area contributed by atoms with E-state index in [4.69, 9.17) is 25.5 Å². The molecule has 32 heavy (non-hydrogen) atoms. The topological polar surface area (TPSA) is 120 Å². The second kappa shape index (κ2) is 11.1. The summed E-state index contributed by atoms with van der Waals surface area (Å²) < 4.78 is 45.1. The van der Waals surface area contributed by atoms with Gasteiger partial charge in [0, 0.05) is 30.5 Å². The number of hydrogen-bond donors (Lipinski definition) is 2. The Labute approximate surface area is 195 Å². The zero-order chi connectivity index (χ0) is 23.1. The number of fused-ring (bicyclic) bond motifs is 1. The molecule has 12 heteroatoms. The lowest BCUT2D eigenvalue weighted by Crippen LogP contribution is -2.25. The molecule has 0 aliphatic rings. The predicted octanol–water partition coefficient (Wildman–Crippen LogP) is 3.84. The summed E-state index contributed by atoms with van der Waals surface area (Å²) in [4.78, 5) is 15.9. The molecule has 2 heterocycles. The molecule has 2 aromatic heterocycles. The van der Waals surface area contributed by atoms with Crippen molar-refractivity contribution in [3.05, 3.63) is 23.6 Å². The number of carbonyl (C=O) groups is 1. The number of ether oxygens (including phenoxy) is 2. The Morgan fingerprint density at radius 3 is 2.84 bits per heavy atom. The maximum atomic E-state index is 12.9. The van der Waals surface area contributed by atoms with Gasteiger partial charge in [0.15, 0.2) is 22.2 Å². The minimum Gasteiger partial charge on any atom is -0.493 e. The van der Waals surface area contributed by atoms with Crippen LogP contribution in [0.1, 0.15) is 19.8 Å². The maximum absolute atomic E-state index is 12.9. The Morgan fingerprint density at radius 2 is 2.12 bits per heavy atom. The lowest BCUT2D eigenvalue weighted by Gasteiger charge is -2.09. The van der Waals surface area contributed by atoms with E-state index in [2.05, 4.69) is 15.0 Å². The normalized spacial score (nSPS) is 11.7. The minimum absolute atomic E-state index is 0.0728. The zero-order valence-corrected chi connectivity index (χ0v) is 20.0. The quantitative estimate of drug-likeness (QED) is 0.286. The number of nitrogens with one attached hydrogen (secondary N) is 2. The van der Waals surface area contributed by atoms with Gasteiger partial charge < -0.3 is 19.2 Å². The summed E-state index contributed by atoms with van der Waals surface area (Å²) >= 11 is 6.70. The first-order chi connectivity index (χ1) is 15.4. The van der Waals surface area contributed by atoms with E-state index in [-0.39, 0.29) is 28.8 Å². The third-order valence-electron chi connectivity index (χ3n) is 4.35. The lowest BCUT2D eigenvalue weighted by atomic mass is 10.2. The van der Waals surface area contributed by atoms with Gasteiger partial charge in [0.2, 0.25) is 15.9 Å². The van der Waals surface area contributed by atoms with Gasteiger partial charge in [-0.1, -0.05) is 6.92 Å². The molecule has 0 saturated heterocycles. The van der Waals surface area contributed by atoms with Gasteiger partial charge in [0.05, 0.1) is 12.0 Å². The summed E-state index contributed by atoms with van der Waals surface area (Å²) in [6.45, 7) is 3.40. The number of nitrogens with zero attached hydrogens (tertiary/aromatic N) is 1. The number of sulfonamides is 1. The van der Waals surface area contributed by atoms with Crippen LogP contribution >= 0.6 is 22.9 Å². The van der Waals surface area contributed by atoms with Gasteiger partial charge in [-0.15, -0.1) is 22.9 Å². The number of rotatable bonds is 12. The molecule has 0 fully saturated rings. The summed E-state index contributed by atoms with van der Waals surface area (Å²) in [5.41, 5.74) is 0.735. The SMILES string of the molecule is CCCOCCCNS(=O)(=O)c1ccc(OC)c2oc(-c3csc(NC(=O)CCl)n3)cc12. The molecule has 0 saturated carbocycles. The fraction of sp³-hybridized carbons (Fsp3) is 0.400. The summed E-state index contributed by atoms with van der Waals surface area (Å²) in [6, 6.07) is 4.62. The van der Waals surface area contributed by atoms with Crippen molar-refractivity contribution in [1.29, 1.82) is 0 Å². The Morgan fingerprint density at radius 1 is 1.31 bits per heavy atom. The third-order valence-corrected chi connectivity index (χ3v) is 6.87. The van der Waals surface area contributed by atoms with E-state index in [1.807, 2.05) is 6.92 Å². The Kier molecular flexibility index (Phi) is 8.49. The minimum atomic E-state index is -3.80. The highest BCUT2D eigenvalue weighted by Crippen LogP contribution is 2.37. The molecule has 0 bridgehead atoms. The maximum Gasteiger partial charge on any atom is 0.241 e. The van der Waals surface area contributed by atoms with Crippen molar-refractivity contribution in [2.75, 3.05) is 38.1 Å². The molecular weight excluding hydrogens is 478 g/mol. The van der Waals surface area contributed by atoms with Gasteiger partial charge in [-0.25, -0.2) is 18.1 Å². The Hall–Kier alpha value is -2.18. The van der Waals surface area contributed by atoms with Crippen LogP contribution in [0.3, 0.4) is 0 Å². The molecule has 0 spiro atoms. The van der Waals surface area contributed by atoms with E-state index >= 15 is 0 Å².